The van der Waals surface area contributed by atoms with Crippen LogP contribution in [0, 0.1) is 6.92 Å². The maximum Gasteiger partial charge on any atom is 0.253 e. The van der Waals surface area contributed by atoms with Crippen LogP contribution in [0.15, 0.2) is 47.8 Å². The van der Waals surface area contributed by atoms with Gasteiger partial charge in [-0.3, -0.25) is 4.79 Å². The van der Waals surface area contributed by atoms with Gasteiger partial charge in [-0.05, 0) is 43.3 Å². The van der Waals surface area contributed by atoms with E-state index < -0.39 is 0 Å². The minimum Gasteiger partial charge on any atom is -0.486 e. The predicted molar refractivity (Wildman–Crippen MR) is 122 cm³/mol. The molecule has 4 rings (SSSR count). The highest BCUT2D eigenvalue weighted by Gasteiger charge is 2.23. The van der Waals surface area contributed by atoms with Crippen LogP contribution in [-0.2, 0) is 6.61 Å². The lowest BCUT2D eigenvalue weighted by atomic mass is 10.1. The summed E-state index contributed by atoms with van der Waals surface area (Å²) in [5.74, 6) is 0.744. The standard InChI is InChI=1S/C22H21Cl2N3O2S/c1-15-14-30-20(25-15)13-29-17-7-5-16(6-8-17)22(28)27-11-9-26(10-12-27)19-4-2-3-18(23)21(19)24/h2-8,14H,9-13H2,1H3. The second kappa shape index (κ2) is 9.25. The summed E-state index contributed by atoms with van der Waals surface area (Å²) in [5, 5.41) is 4.04. The number of rotatable bonds is 5. The van der Waals surface area contributed by atoms with Crippen molar-refractivity contribution in [2.45, 2.75) is 13.5 Å². The first-order valence-electron chi connectivity index (χ1n) is 9.63. The molecule has 0 aliphatic carbocycles. The van der Waals surface area contributed by atoms with E-state index in [9.17, 15) is 4.79 Å². The zero-order valence-electron chi connectivity index (χ0n) is 16.5. The molecule has 3 aromatic rings. The Bertz CT molecular complexity index is 1030. The van der Waals surface area contributed by atoms with E-state index >= 15 is 0 Å². The molecule has 0 saturated carbocycles. The van der Waals surface area contributed by atoms with Crippen molar-refractivity contribution >= 4 is 46.1 Å². The number of aryl methyl sites for hydroxylation is 1. The average Bonchev–Trinajstić information content (AvgIpc) is 3.19. The Morgan fingerprint density at radius 3 is 2.50 bits per heavy atom. The molecule has 2 aromatic carbocycles. The predicted octanol–water partition coefficient (Wildman–Crippen LogP) is 5.30. The molecule has 156 valence electrons. The molecule has 1 saturated heterocycles. The first kappa shape index (κ1) is 21.0. The topological polar surface area (TPSA) is 45.7 Å². The Hall–Kier alpha value is -2.28. The Labute approximate surface area is 189 Å². The van der Waals surface area contributed by atoms with E-state index in [1.165, 1.54) is 0 Å². The number of thiazole rings is 1. The number of nitrogens with zero attached hydrogens (tertiary/aromatic N) is 3. The number of amides is 1. The summed E-state index contributed by atoms with van der Waals surface area (Å²) in [7, 11) is 0. The van der Waals surface area contributed by atoms with Gasteiger partial charge >= 0.3 is 0 Å². The number of aromatic nitrogens is 1. The van der Waals surface area contributed by atoms with Gasteiger partial charge < -0.3 is 14.5 Å². The molecule has 0 radical (unpaired) electrons. The van der Waals surface area contributed by atoms with E-state index in [4.69, 9.17) is 27.9 Å². The SMILES string of the molecule is Cc1csc(COc2ccc(C(=O)N3CCN(c4cccc(Cl)c4Cl)CC3)cc2)n1. The third kappa shape index (κ3) is 4.72. The van der Waals surface area contributed by atoms with Gasteiger partial charge in [-0.15, -0.1) is 11.3 Å². The van der Waals surface area contributed by atoms with Crippen LogP contribution in [0.4, 0.5) is 5.69 Å². The number of piperazine rings is 1. The van der Waals surface area contributed by atoms with E-state index in [1.807, 2.05) is 53.6 Å². The van der Waals surface area contributed by atoms with Crippen LogP contribution in [-0.4, -0.2) is 42.0 Å². The second-order valence-corrected chi connectivity index (χ2v) is 8.78. The fourth-order valence-corrected chi connectivity index (χ4v) is 4.48. The summed E-state index contributed by atoms with van der Waals surface area (Å²) in [6.07, 6.45) is 0. The minimum atomic E-state index is 0.0222. The largest absolute Gasteiger partial charge is 0.486 e. The molecular formula is C22H21Cl2N3O2S. The molecule has 30 heavy (non-hydrogen) atoms. The van der Waals surface area contributed by atoms with E-state index in [0.717, 1.165) is 22.1 Å². The summed E-state index contributed by atoms with van der Waals surface area (Å²) >= 11 is 14.0. The normalized spacial score (nSPS) is 14.1. The summed E-state index contributed by atoms with van der Waals surface area (Å²) in [4.78, 5) is 21.3. The van der Waals surface area contributed by atoms with Crippen LogP contribution >= 0.6 is 34.5 Å². The van der Waals surface area contributed by atoms with Crippen molar-refractivity contribution in [3.63, 3.8) is 0 Å². The zero-order chi connectivity index (χ0) is 21.1. The van der Waals surface area contributed by atoms with Gasteiger partial charge in [-0.1, -0.05) is 29.3 Å². The average molecular weight is 462 g/mol. The molecule has 1 aliphatic heterocycles. The molecule has 1 amide bonds. The third-order valence-electron chi connectivity index (χ3n) is 4.97. The molecule has 0 spiro atoms. The molecule has 1 aromatic heterocycles. The Morgan fingerprint density at radius 2 is 1.83 bits per heavy atom. The molecular weight excluding hydrogens is 441 g/mol. The van der Waals surface area contributed by atoms with E-state index in [0.29, 0.717) is 48.4 Å². The van der Waals surface area contributed by atoms with Crippen LogP contribution < -0.4 is 9.64 Å². The van der Waals surface area contributed by atoms with E-state index in [-0.39, 0.29) is 5.91 Å². The lowest BCUT2D eigenvalue weighted by molar-refractivity contribution is 0.0746. The highest BCUT2D eigenvalue weighted by atomic mass is 35.5. The third-order valence-corrected chi connectivity index (χ3v) is 6.72. The van der Waals surface area contributed by atoms with Crippen molar-refractivity contribution in [3.8, 4) is 5.75 Å². The number of halogens is 2. The highest BCUT2D eigenvalue weighted by molar-refractivity contribution is 7.09. The molecule has 0 unspecified atom stereocenters. The number of benzene rings is 2. The van der Waals surface area contributed by atoms with Crippen molar-refractivity contribution in [2.24, 2.45) is 0 Å². The molecule has 5 nitrogen and oxygen atoms in total. The molecule has 0 atom stereocenters. The van der Waals surface area contributed by atoms with Gasteiger partial charge in [-0.2, -0.15) is 0 Å². The van der Waals surface area contributed by atoms with Crippen LogP contribution in [0.2, 0.25) is 10.0 Å². The highest BCUT2D eigenvalue weighted by Crippen LogP contribution is 2.33. The van der Waals surface area contributed by atoms with Crippen molar-refractivity contribution in [3.05, 3.63) is 74.2 Å². The van der Waals surface area contributed by atoms with Crippen LogP contribution in [0.5, 0.6) is 5.75 Å². The van der Waals surface area contributed by atoms with Gasteiger partial charge in [0.1, 0.15) is 17.4 Å². The Morgan fingerprint density at radius 1 is 1.10 bits per heavy atom. The monoisotopic (exact) mass is 461 g/mol. The zero-order valence-corrected chi connectivity index (χ0v) is 18.8. The van der Waals surface area contributed by atoms with Crippen molar-refractivity contribution < 1.29 is 9.53 Å². The van der Waals surface area contributed by atoms with Gasteiger partial charge in [-0.25, -0.2) is 4.98 Å². The quantitative estimate of drug-likeness (QED) is 0.516. The minimum absolute atomic E-state index is 0.0222. The number of anilines is 1. The maximum atomic E-state index is 12.9. The van der Waals surface area contributed by atoms with Crippen LogP contribution in [0.1, 0.15) is 21.1 Å². The number of carbonyl (C=O) groups is 1. The van der Waals surface area contributed by atoms with Gasteiger partial charge in [0.2, 0.25) is 0 Å². The van der Waals surface area contributed by atoms with Gasteiger partial charge in [0.25, 0.3) is 5.91 Å². The van der Waals surface area contributed by atoms with E-state index in [2.05, 4.69) is 9.88 Å². The molecule has 0 N–H and O–H groups in total. The molecule has 0 bridgehead atoms. The summed E-state index contributed by atoms with van der Waals surface area (Å²) in [6, 6.07) is 12.9. The number of ether oxygens (including phenoxy) is 1. The van der Waals surface area contributed by atoms with Crippen molar-refractivity contribution in [2.75, 3.05) is 31.1 Å². The fourth-order valence-electron chi connectivity index (χ4n) is 3.38. The number of carbonyl (C=O) groups excluding carboxylic acids is 1. The van der Waals surface area contributed by atoms with Gasteiger partial charge in [0.15, 0.2) is 0 Å². The first-order valence-corrected chi connectivity index (χ1v) is 11.3. The van der Waals surface area contributed by atoms with Crippen molar-refractivity contribution in [1.82, 2.24) is 9.88 Å². The van der Waals surface area contributed by atoms with Crippen LogP contribution in [0.3, 0.4) is 0 Å². The lowest BCUT2D eigenvalue weighted by Gasteiger charge is -2.36. The van der Waals surface area contributed by atoms with Crippen molar-refractivity contribution in [1.29, 1.82) is 0 Å². The van der Waals surface area contributed by atoms with Crippen LogP contribution in [0.25, 0.3) is 0 Å². The number of hydrogen-bond donors (Lipinski definition) is 0. The number of hydrogen-bond acceptors (Lipinski definition) is 5. The Balaban J connectivity index is 1.33. The fraction of sp³-hybridized carbons (Fsp3) is 0.273. The summed E-state index contributed by atoms with van der Waals surface area (Å²) in [5.41, 5.74) is 2.56. The first-order chi connectivity index (χ1) is 14.5. The van der Waals surface area contributed by atoms with Gasteiger partial charge in [0, 0.05) is 42.8 Å². The van der Waals surface area contributed by atoms with Gasteiger partial charge in [0.05, 0.1) is 15.7 Å². The molecule has 2 heterocycles. The maximum absolute atomic E-state index is 12.9. The molecule has 8 heteroatoms. The lowest BCUT2D eigenvalue weighted by Crippen LogP contribution is -2.48. The smallest absolute Gasteiger partial charge is 0.253 e. The molecule has 1 aliphatic rings. The summed E-state index contributed by atoms with van der Waals surface area (Å²) in [6.45, 7) is 5.07. The summed E-state index contributed by atoms with van der Waals surface area (Å²) < 4.78 is 5.76. The Kier molecular flexibility index (Phi) is 6.46. The molecule has 1 fully saturated rings. The second-order valence-electron chi connectivity index (χ2n) is 7.05. The van der Waals surface area contributed by atoms with E-state index in [1.54, 1.807) is 17.4 Å².